The molecule has 0 saturated carbocycles. The SMILES string of the molecule is COC(=O)c1cccc(N2C(=O)C(=O)/C(=C(/O)c3ccc(OC)c(C)c3)C2c2ccccc2OC)c1. The zero-order valence-corrected chi connectivity index (χ0v) is 20.3. The third-order valence-corrected chi connectivity index (χ3v) is 6.09. The highest BCUT2D eigenvalue weighted by Crippen LogP contribution is 2.45. The maximum absolute atomic E-state index is 13.4. The van der Waals surface area contributed by atoms with Gasteiger partial charge in [0.15, 0.2) is 0 Å². The molecule has 8 heteroatoms. The van der Waals surface area contributed by atoms with Gasteiger partial charge in [0.1, 0.15) is 17.3 Å². The van der Waals surface area contributed by atoms with E-state index in [0.717, 1.165) is 5.56 Å². The Bertz CT molecular complexity index is 1390. The van der Waals surface area contributed by atoms with Crippen LogP contribution in [0.3, 0.4) is 0 Å². The highest BCUT2D eigenvalue weighted by atomic mass is 16.5. The predicted octanol–water partition coefficient (Wildman–Crippen LogP) is 4.43. The molecule has 1 N–H and O–H groups in total. The third kappa shape index (κ3) is 4.17. The summed E-state index contributed by atoms with van der Waals surface area (Å²) in [4.78, 5) is 40.2. The second-order valence-corrected chi connectivity index (χ2v) is 8.14. The van der Waals surface area contributed by atoms with Crippen molar-refractivity contribution in [1.29, 1.82) is 0 Å². The van der Waals surface area contributed by atoms with E-state index >= 15 is 0 Å². The molecular formula is C28H25NO7. The van der Waals surface area contributed by atoms with Crippen molar-refractivity contribution in [3.63, 3.8) is 0 Å². The van der Waals surface area contributed by atoms with Gasteiger partial charge in [0.2, 0.25) is 0 Å². The van der Waals surface area contributed by atoms with Gasteiger partial charge in [-0.15, -0.1) is 0 Å². The number of esters is 1. The van der Waals surface area contributed by atoms with Crippen LogP contribution in [-0.2, 0) is 14.3 Å². The molecule has 1 heterocycles. The van der Waals surface area contributed by atoms with Crippen molar-refractivity contribution in [2.75, 3.05) is 26.2 Å². The summed E-state index contributed by atoms with van der Waals surface area (Å²) in [6, 6.07) is 17.1. The molecule has 1 aliphatic heterocycles. The van der Waals surface area contributed by atoms with E-state index in [-0.39, 0.29) is 16.9 Å². The first-order valence-electron chi connectivity index (χ1n) is 11.1. The van der Waals surface area contributed by atoms with Crippen molar-refractivity contribution < 1.29 is 33.7 Å². The van der Waals surface area contributed by atoms with E-state index < -0.39 is 23.7 Å². The Kier molecular flexibility index (Phi) is 6.78. The van der Waals surface area contributed by atoms with Crippen molar-refractivity contribution in [3.05, 3.63) is 94.6 Å². The van der Waals surface area contributed by atoms with E-state index in [1.807, 2.05) is 6.92 Å². The number of aryl methyl sites for hydroxylation is 1. The van der Waals surface area contributed by atoms with Gasteiger partial charge in [-0.05, 0) is 55.0 Å². The van der Waals surface area contributed by atoms with Gasteiger partial charge in [-0.25, -0.2) is 4.79 Å². The van der Waals surface area contributed by atoms with Crippen LogP contribution in [0.2, 0.25) is 0 Å². The smallest absolute Gasteiger partial charge is 0.337 e. The number of aliphatic hydroxyl groups excluding tert-OH is 1. The van der Waals surface area contributed by atoms with Crippen LogP contribution in [0.4, 0.5) is 5.69 Å². The molecule has 1 atom stereocenters. The summed E-state index contributed by atoms with van der Waals surface area (Å²) in [5.74, 6) is -1.58. The van der Waals surface area contributed by atoms with Gasteiger partial charge in [-0.2, -0.15) is 0 Å². The molecule has 1 saturated heterocycles. The number of carbonyl (C=O) groups excluding carboxylic acids is 3. The molecule has 0 radical (unpaired) electrons. The molecule has 3 aromatic carbocycles. The number of hydrogen-bond acceptors (Lipinski definition) is 7. The van der Waals surface area contributed by atoms with E-state index in [1.54, 1.807) is 60.7 Å². The summed E-state index contributed by atoms with van der Waals surface area (Å²) in [7, 11) is 4.28. The highest BCUT2D eigenvalue weighted by Gasteiger charge is 2.48. The number of methoxy groups -OCH3 is 3. The number of ketones is 1. The van der Waals surface area contributed by atoms with Gasteiger partial charge in [0.25, 0.3) is 11.7 Å². The number of para-hydroxylation sites is 1. The molecule has 1 aliphatic rings. The molecule has 3 aromatic rings. The number of nitrogens with zero attached hydrogens (tertiary/aromatic N) is 1. The molecule has 1 fully saturated rings. The number of Topliss-reactive ketones (excluding diaryl/α,β-unsaturated/α-hetero) is 1. The van der Waals surface area contributed by atoms with E-state index in [1.165, 1.54) is 32.3 Å². The van der Waals surface area contributed by atoms with Gasteiger partial charge in [0, 0.05) is 16.8 Å². The number of hydrogen-bond donors (Lipinski definition) is 1. The monoisotopic (exact) mass is 487 g/mol. The summed E-state index contributed by atoms with van der Waals surface area (Å²) in [6.45, 7) is 1.81. The standard InChI is InChI=1S/C28H25NO7/c1-16-14-17(12-13-21(16)34-2)25(30)23-24(20-10-5-6-11-22(20)35-3)29(27(32)26(23)31)19-9-7-8-18(15-19)28(33)36-4/h5-15,24,30H,1-4H3/b25-23+. The van der Waals surface area contributed by atoms with E-state index in [2.05, 4.69) is 0 Å². The van der Waals surface area contributed by atoms with Crippen molar-refractivity contribution in [3.8, 4) is 11.5 Å². The summed E-state index contributed by atoms with van der Waals surface area (Å²) in [5.41, 5.74) is 2.00. The molecular weight excluding hydrogens is 462 g/mol. The van der Waals surface area contributed by atoms with Gasteiger partial charge < -0.3 is 19.3 Å². The Morgan fingerprint density at radius 1 is 0.861 bits per heavy atom. The minimum absolute atomic E-state index is 0.0995. The Morgan fingerprint density at radius 3 is 2.25 bits per heavy atom. The van der Waals surface area contributed by atoms with Crippen LogP contribution in [0.25, 0.3) is 5.76 Å². The Morgan fingerprint density at radius 2 is 1.58 bits per heavy atom. The lowest BCUT2D eigenvalue weighted by molar-refractivity contribution is -0.132. The number of anilines is 1. The van der Waals surface area contributed by atoms with Crippen LogP contribution in [0.1, 0.15) is 33.1 Å². The van der Waals surface area contributed by atoms with E-state index in [4.69, 9.17) is 14.2 Å². The van der Waals surface area contributed by atoms with Crippen molar-refractivity contribution >= 4 is 29.1 Å². The second-order valence-electron chi connectivity index (χ2n) is 8.14. The minimum Gasteiger partial charge on any atom is -0.507 e. The lowest BCUT2D eigenvalue weighted by Crippen LogP contribution is -2.29. The molecule has 36 heavy (non-hydrogen) atoms. The maximum Gasteiger partial charge on any atom is 0.337 e. The topological polar surface area (TPSA) is 102 Å². The van der Waals surface area contributed by atoms with Crippen LogP contribution in [0.15, 0.2) is 72.3 Å². The Hall–Kier alpha value is -4.59. The van der Waals surface area contributed by atoms with Crippen LogP contribution in [0, 0.1) is 6.92 Å². The molecule has 1 amide bonds. The predicted molar refractivity (Wildman–Crippen MR) is 133 cm³/mol. The molecule has 0 spiro atoms. The first-order chi connectivity index (χ1) is 17.3. The molecule has 0 aromatic heterocycles. The van der Waals surface area contributed by atoms with Crippen molar-refractivity contribution in [1.82, 2.24) is 0 Å². The quantitative estimate of drug-likeness (QED) is 0.238. The minimum atomic E-state index is -1.02. The average Bonchev–Trinajstić information content (AvgIpc) is 3.17. The van der Waals surface area contributed by atoms with E-state index in [0.29, 0.717) is 28.3 Å². The number of carbonyl (C=O) groups is 3. The van der Waals surface area contributed by atoms with Gasteiger partial charge in [0.05, 0.1) is 38.5 Å². The molecule has 184 valence electrons. The Labute approximate surface area is 208 Å². The fraction of sp³-hybridized carbons (Fsp3) is 0.179. The average molecular weight is 488 g/mol. The van der Waals surface area contributed by atoms with Crippen molar-refractivity contribution in [2.24, 2.45) is 0 Å². The second kappa shape index (κ2) is 9.95. The molecule has 4 rings (SSSR count). The van der Waals surface area contributed by atoms with Crippen molar-refractivity contribution in [2.45, 2.75) is 13.0 Å². The summed E-state index contributed by atoms with van der Waals surface area (Å²) < 4.78 is 15.6. The fourth-order valence-electron chi connectivity index (χ4n) is 4.37. The first-order valence-corrected chi connectivity index (χ1v) is 11.1. The number of rotatable bonds is 6. The number of ether oxygens (including phenoxy) is 3. The molecule has 0 bridgehead atoms. The van der Waals surface area contributed by atoms with Gasteiger partial charge >= 0.3 is 5.97 Å². The van der Waals surface area contributed by atoms with Gasteiger partial charge in [-0.1, -0.05) is 24.3 Å². The largest absolute Gasteiger partial charge is 0.507 e. The summed E-state index contributed by atoms with van der Waals surface area (Å²) in [5, 5.41) is 11.4. The molecule has 8 nitrogen and oxygen atoms in total. The lowest BCUT2D eigenvalue weighted by Gasteiger charge is -2.27. The summed E-state index contributed by atoms with van der Waals surface area (Å²) >= 11 is 0. The molecule has 0 aliphatic carbocycles. The zero-order chi connectivity index (χ0) is 26.0. The normalized spacial score (nSPS) is 16.7. The van der Waals surface area contributed by atoms with Crippen LogP contribution < -0.4 is 14.4 Å². The zero-order valence-electron chi connectivity index (χ0n) is 20.3. The fourth-order valence-corrected chi connectivity index (χ4v) is 4.37. The van der Waals surface area contributed by atoms with E-state index in [9.17, 15) is 19.5 Å². The summed E-state index contributed by atoms with van der Waals surface area (Å²) in [6.07, 6.45) is 0. The van der Waals surface area contributed by atoms with Gasteiger partial charge in [-0.3, -0.25) is 14.5 Å². The number of amides is 1. The molecule has 1 unspecified atom stereocenters. The van der Waals surface area contributed by atoms with Crippen LogP contribution >= 0.6 is 0 Å². The number of benzene rings is 3. The maximum atomic E-state index is 13.4. The highest BCUT2D eigenvalue weighted by molar-refractivity contribution is 6.51. The number of aliphatic hydroxyl groups is 1. The van der Waals surface area contributed by atoms with Crippen LogP contribution in [0.5, 0.6) is 11.5 Å². The van der Waals surface area contributed by atoms with Crippen LogP contribution in [-0.4, -0.2) is 44.1 Å². The lowest BCUT2D eigenvalue weighted by atomic mass is 9.94. The Balaban J connectivity index is 1.97. The third-order valence-electron chi connectivity index (χ3n) is 6.09. The first kappa shape index (κ1) is 24.5.